The van der Waals surface area contributed by atoms with Gasteiger partial charge in [-0.2, -0.15) is 4.98 Å². The fraction of sp³-hybridized carbons (Fsp3) is 0.385. The van der Waals surface area contributed by atoms with Gasteiger partial charge in [0.25, 0.3) is 0 Å². The van der Waals surface area contributed by atoms with Crippen molar-refractivity contribution in [2.75, 3.05) is 31.2 Å². The lowest BCUT2D eigenvalue weighted by Crippen LogP contribution is -2.36. The molecule has 0 bridgehead atoms. The van der Waals surface area contributed by atoms with E-state index in [9.17, 15) is 4.79 Å². The van der Waals surface area contributed by atoms with Crippen LogP contribution in [0.5, 0.6) is 0 Å². The second kappa shape index (κ2) is 4.42. The van der Waals surface area contributed by atoms with Gasteiger partial charge in [-0.3, -0.25) is 0 Å². The minimum Gasteiger partial charge on any atom is -0.378 e. The Hall–Kier alpha value is -1.88. The van der Waals surface area contributed by atoms with Crippen LogP contribution in [0.1, 0.15) is 5.69 Å². The van der Waals surface area contributed by atoms with Crippen molar-refractivity contribution in [1.29, 1.82) is 0 Å². The first-order valence-electron chi connectivity index (χ1n) is 6.07. The Kier molecular flexibility index (Phi) is 2.76. The summed E-state index contributed by atoms with van der Waals surface area (Å²) in [5, 5.41) is 0.999. The number of hydrogen-bond acceptors (Lipinski definition) is 4. The predicted octanol–water partition coefficient (Wildman–Crippen LogP) is 1.07. The molecule has 18 heavy (non-hydrogen) atoms. The summed E-state index contributed by atoms with van der Waals surface area (Å²) < 4.78 is 5.35. The maximum Gasteiger partial charge on any atom is 0.345 e. The molecule has 1 aromatic heterocycles. The number of rotatable bonds is 1. The standard InChI is InChI=1S/C13H15N3O2/c1-9-11-8-10(16-4-6-18-7-5-16)2-3-12(11)15-13(17)14-9/h2-3,8H,4-7H2,1H3,(H,14,15,17). The molecular weight excluding hydrogens is 230 g/mol. The maximum absolute atomic E-state index is 11.3. The first-order chi connectivity index (χ1) is 8.74. The molecule has 5 nitrogen and oxygen atoms in total. The number of hydrogen-bond donors (Lipinski definition) is 1. The molecular formula is C13H15N3O2. The Morgan fingerprint density at radius 3 is 2.89 bits per heavy atom. The number of ether oxygens (including phenoxy) is 1. The van der Waals surface area contributed by atoms with Crippen LogP contribution < -0.4 is 10.6 Å². The van der Waals surface area contributed by atoms with Gasteiger partial charge in [0.1, 0.15) is 0 Å². The molecule has 2 aromatic rings. The SMILES string of the molecule is Cc1nc(=O)[nH]c2ccc(N3CCOCC3)cc12. The average molecular weight is 245 g/mol. The minimum atomic E-state index is -0.292. The Labute approximate surface area is 104 Å². The van der Waals surface area contributed by atoms with Gasteiger partial charge in [0.15, 0.2) is 0 Å². The van der Waals surface area contributed by atoms with Gasteiger partial charge in [0, 0.05) is 24.2 Å². The molecule has 0 spiro atoms. The smallest absolute Gasteiger partial charge is 0.345 e. The van der Waals surface area contributed by atoms with Crippen LogP contribution in [-0.4, -0.2) is 36.3 Å². The molecule has 1 aliphatic rings. The maximum atomic E-state index is 11.3. The number of fused-ring (bicyclic) bond motifs is 1. The summed E-state index contributed by atoms with van der Waals surface area (Å²) in [5.74, 6) is 0. The van der Waals surface area contributed by atoms with E-state index in [0.29, 0.717) is 0 Å². The molecule has 0 amide bonds. The van der Waals surface area contributed by atoms with E-state index in [2.05, 4.69) is 20.9 Å². The van der Waals surface area contributed by atoms with Crippen LogP contribution in [0.2, 0.25) is 0 Å². The first kappa shape index (κ1) is 11.2. The first-order valence-corrected chi connectivity index (χ1v) is 6.07. The van der Waals surface area contributed by atoms with Crippen molar-refractivity contribution in [3.8, 4) is 0 Å². The number of H-pyrrole nitrogens is 1. The number of aromatic nitrogens is 2. The van der Waals surface area contributed by atoms with Crippen LogP contribution >= 0.6 is 0 Å². The summed E-state index contributed by atoms with van der Waals surface area (Å²) in [4.78, 5) is 20.3. The number of aryl methyl sites for hydroxylation is 1. The normalized spacial score (nSPS) is 16.2. The van der Waals surface area contributed by atoms with Crippen LogP contribution in [0.25, 0.3) is 10.9 Å². The third-order valence-corrected chi connectivity index (χ3v) is 3.28. The van der Waals surface area contributed by atoms with E-state index >= 15 is 0 Å². The largest absolute Gasteiger partial charge is 0.378 e. The Balaban J connectivity index is 2.07. The highest BCUT2D eigenvalue weighted by molar-refractivity contribution is 5.84. The molecule has 2 heterocycles. The molecule has 1 fully saturated rings. The number of nitrogens with one attached hydrogen (secondary N) is 1. The van der Waals surface area contributed by atoms with Crippen molar-refractivity contribution in [3.63, 3.8) is 0 Å². The molecule has 0 aliphatic carbocycles. The van der Waals surface area contributed by atoms with Gasteiger partial charge in [-0.1, -0.05) is 0 Å². The topological polar surface area (TPSA) is 58.2 Å². The number of aromatic amines is 1. The minimum absolute atomic E-state index is 0.292. The summed E-state index contributed by atoms with van der Waals surface area (Å²) >= 11 is 0. The Morgan fingerprint density at radius 2 is 2.11 bits per heavy atom. The molecule has 0 saturated carbocycles. The van der Waals surface area contributed by atoms with Gasteiger partial charge in [-0.15, -0.1) is 0 Å². The van der Waals surface area contributed by atoms with Gasteiger partial charge >= 0.3 is 5.69 Å². The monoisotopic (exact) mass is 245 g/mol. The third kappa shape index (κ3) is 1.97. The number of anilines is 1. The predicted molar refractivity (Wildman–Crippen MR) is 70.1 cm³/mol. The van der Waals surface area contributed by atoms with E-state index in [4.69, 9.17) is 4.74 Å². The van der Waals surface area contributed by atoms with Gasteiger partial charge in [0.05, 0.1) is 24.4 Å². The number of benzene rings is 1. The lowest BCUT2D eigenvalue weighted by molar-refractivity contribution is 0.122. The van der Waals surface area contributed by atoms with Gasteiger partial charge in [0.2, 0.25) is 0 Å². The van der Waals surface area contributed by atoms with E-state index in [1.54, 1.807) is 0 Å². The number of morpholine rings is 1. The molecule has 0 unspecified atom stereocenters. The van der Waals surface area contributed by atoms with Gasteiger partial charge in [-0.25, -0.2) is 4.79 Å². The molecule has 94 valence electrons. The lowest BCUT2D eigenvalue weighted by atomic mass is 10.1. The molecule has 3 rings (SSSR count). The van der Waals surface area contributed by atoms with Crippen LogP contribution in [0.4, 0.5) is 5.69 Å². The highest BCUT2D eigenvalue weighted by Gasteiger charge is 2.12. The zero-order chi connectivity index (χ0) is 12.5. The van der Waals surface area contributed by atoms with Crippen LogP contribution in [0, 0.1) is 6.92 Å². The summed E-state index contributed by atoms with van der Waals surface area (Å²) in [6.07, 6.45) is 0. The summed E-state index contributed by atoms with van der Waals surface area (Å²) in [6.45, 7) is 5.20. The van der Waals surface area contributed by atoms with E-state index < -0.39 is 0 Å². The van der Waals surface area contributed by atoms with Crippen molar-refractivity contribution in [2.45, 2.75) is 6.92 Å². The molecule has 1 aromatic carbocycles. The Bertz CT molecular complexity index is 630. The van der Waals surface area contributed by atoms with Crippen LogP contribution in [0.15, 0.2) is 23.0 Å². The van der Waals surface area contributed by atoms with Crippen molar-refractivity contribution in [1.82, 2.24) is 9.97 Å². The lowest BCUT2D eigenvalue weighted by Gasteiger charge is -2.29. The quantitative estimate of drug-likeness (QED) is 0.816. The molecule has 1 N–H and O–H groups in total. The third-order valence-electron chi connectivity index (χ3n) is 3.28. The fourth-order valence-electron chi connectivity index (χ4n) is 2.31. The van der Waals surface area contributed by atoms with Crippen molar-refractivity contribution in [2.24, 2.45) is 0 Å². The molecule has 1 saturated heterocycles. The average Bonchev–Trinajstić information content (AvgIpc) is 2.39. The van der Waals surface area contributed by atoms with Crippen LogP contribution in [-0.2, 0) is 4.74 Å². The van der Waals surface area contributed by atoms with E-state index in [0.717, 1.165) is 48.6 Å². The second-order valence-electron chi connectivity index (χ2n) is 4.46. The summed E-state index contributed by atoms with van der Waals surface area (Å²) in [7, 11) is 0. The highest BCUT2D eigenvalue weighted by Crippen LogP contribution is 2.22. The van der Waals surface area contributed by atoms with Crippen LogP contribution in [0.3, 0.4) is 0 Å². The van der Waals surface area contributed by atoms with Gasteiger partial charge in [-0.05, 0) is 25.1 Å². The van der Waals surface area contributed by atoms with E-state index in [1.165, 1.54) is 0 Å². The Morgan fingerprint density at radius 1 is 1.33 bits per heavy atom. The highest BCUT2D eigenvalue weighted by atomic mass is 16.5. The zero-order valence-corrected chi connectivity index (χ0v) is 10.3. The van der Waals surface area contributed by atoms with Crippen molar-refractivity contribution < 1.29 is 4.74 Å². The second-order valence-corrected chi connectivity index (χ2v) is 4.46. The zero-order valence-electron chi connectivity index (χ0n) is 10.3. The molecule has 1 aliphatic heterocycles. The van der Waals surface area contributed by atoms with Gasteiger partial charge < -0.3 is 14.6 Å². The fourth-order valence-corrected chi connectivity index (χ4v) is 2.31. The molecule has 5 heteroatoms. The van der Waals surface area contributed by atoms with Crippen molar-refractivity contribution >= 4 is 16.6 Å². The number of nitrogens with zero attached hydrogens (tertiary/aromatic N) is 2. The van der Waals surface area contributed by atoms with Crippen molar-refractivity contribution in [3.05, 3.63) is 34.4 Å². The van der Waals surface area contributed by atoms with E-state index in [-0.39, 0.29) is 5.69 Å². The molecule has 0 atom stereocenters. The summed E-state index contributed by atoms with van der Waals surface area (Å²) in [5.41, 5.74) is 2.47. The summed E-state index contributed by atoms with van der Waals surface area (Å²) in [6, 6.07) is 6.05. The van der Waals surface area contributed by atoms with E-state index in [1.807, 2.05) is 19.1 Å². The molecule has 0 radical (unpaired) electrons.